The number of halogens is 3. The van der Waals surface area contributed by atoms with Crippen molar-refractivity contribution in [1.82, 2.24) is 9.62 Å². The number of nitrogens with one attached hydrogen (secondary N) is 1. The first-order valence-electron chi connectivity index (χ1n) is 14.0. The van der Waals surface area contributed by atoms with Crippen molar-refractivity contribution in [2.75, 3.05) is 13.7 Å². The molecule has 2 aliphatic rings. The lowest BCUT2D eigenvalue weighted by Gasteiger charge is -2.41. The fourth-order valence-electron chi connectivity index (χ4n) is 5.90. The lowest BCUT2D eigenvalue weighted by atomic mass is 9.82. The second-order valence-electron chi connectivity index (χ2n) is 10.9. The molecule has 2 unspecified atom stereocenters. The topological polar surface area (TPSA) is 214 Å². The van der Waals surface area contributed by atoms with Gasteiger partial charge in [-0.2, -0.15) is 26.7 Å². The Kier molecular flexibility index (Phi) is 11.0. The Morgan fingerprint density at radius 1 is 1.00 bits per heavy atom. The number of nitrogens with zero attached hydrogens (tertiary/aromatic N) is 1. The van der Waals surface area contributed by atoms with Crippen molar-refractivity contribution in [3.8, 4) is 5.75 Å². The van der Waals surface area contributed by atoms with E-state index in [0.717, 1.165) is 6.07 Å². The number of hydrogen-bond acceptors (Lipinski definition) is 11. The van der Waals surface area contributed by atoms with Crippen molar-refractivity contribution in [2.24, 2.45) is 16.8 Å². The standard InChI is InChI=1S/C28H31F3N4O10S2/c1-43-25-5-3-2-4-19(25)20(12-27(37)44-46(33,39)40)28(38)45-47(41,42)34-14-26(36)35-17-6-7-18(35)9-16(8-17)24(32)11-15-10-22(30)23(31)13-21(15)29/h2-5,10,12-13,16-18,24,34H,6-9,11,14,32H2,1H3,(H2,33,39,40)/b20-12-/t16?,17?,18?,24-/m1/s1. The fourth-order valence-corrected chi connectivity index (χ4v) is 6.83. The van der Waals surface area contributed by atoms with Gasteiger partial charge in [0.15, 0.2) is 11.6 Å². The second-order valence-corrected chi connectivity index (χ2v) is 13.5. The molecule has 0 aromatic heterocycles. The average molecular weight is 705 g/mol. The molecule has 0 aliphatic carbocycles. The number of piperidine rings is 1. The number of methoxy groups -OCH3 is 1. The normalized spacial score (nSPS) is 20.4. The van der Waals surface area contributed by atoms with Gasteiger partial charge in [-0.25, -0.2) is 22.8 Å². The second kappa shape index (κ2) is 14.4. The van der Waals surface area contributed by atoms with Gasteiger partial charge in [0.05, 0.1) is 19.2 Å². The van der Waals surface area contributed by atoms with Gasteiger partial charge in [-0.15, -0.1) is 0 Å². The molecule has 47 heavy (non-hydrogen) atoms. The summed E-state index contributed by atoms with van der Waals surface area (Å²) >= 11 is 0. The minimum Gasteiger partial charge on any atom is -0.496 e. The maximum atomic E-state index is 14.2. The van der Waals surface area contributed by atoms with Crippen molar-refractivity contribution >= 4 is 44.0 Å². The maximum Gasteiger partial charge on any atom is 0.385 e. The predicted molar refractivity (Wildman–Crippen MR) is 158 cm³/mol. The minimum absolute atomic E-state index is 0.0202. The van der Waals surface area contributed by atoms with Crippen LogP contribution in [0.5, 0.6) is 5.75 Å². The predicted octanol–water partition coefficient (Wildman–Crippen LogP) is 0.960. The Morgan fingerprint density at radius 2 is 1.62 bits per heavy atom. The number of carbonyl (C=O) groups is 3. The van der Waals surface area contributed by atoms with Crippen LogP contribution in [0.2, 0.25) is 0 Å². The molecule has 2 aliphatic heterocycles. The smallest absolute Gasteiger partial charge is 0.385 e. The van der Waals surface area contributed by atoms with E-state index in [2.05, 4.69) is 13.5 Å². The van der Waals surface area contributed by atoms with E-state index in [1.54, 1.807) is 0 Å². The number of carbonyl (C=O) groups excluding carboxylic acids is 3. The van der Waals surface area contributed by atoms with Crippen LogP contribution in [-0.4, -0.2) is 71.4 Å². The van der Waals surface area contributed by atoms with Gasteiger partial charge < -0.3 is 23.7 Å². The highest BCUT2D eigenvalue weighted by Crippen LogP contribution is 2.40. The summed E-state index contributed by atoms with van der Waals surface area (Å²) in [5, 5.41) is 4.68. The summed E-state index contributed by atoms with van der Waals surface area (Å²) in [7, 11) is -8.55. The van der Waals surface area contributed by atoms with E-state index in [1.165, 1.54) is 36.3 Å². The number of amides is 1. The Balaban J connectivity index is 1.40. The summed E-state index contributed by atoms with van der Waals surface area (Å²) in [6, 6.07) is 5.45. The molecule has 3 atom stereocenters. The molecule has 0 spiro atoms. The first-order valence-corrected chi connectivity index (χ1v) is 16.9. The van der Waals surface area contributed by atoms with Crippen molar-refractivity contribution in [2.45, 2.75) is 50.2 Å². The van der Waals surface area contributed by atoms with Crippen LogP contribution in [0, 0.1) is 23.4 Å². The van der Waals surface area contributed by atoms with Crippen molar-refractivity contribution in [3.63, 3.8) is 0 Å². The first-order chi connectivity index (χ1) is 22.0. The van der Waals surface area contributed by atoms with Crippen LogP contribution in [0.1, 0.15) is 36.8 Å². The summed E-state index contributed by atoms with van der Waals surface area (Å²) in [6.07, 6.45) is 2.26. The van der Waals surface area contributed by atoms with E-state index in [0.29, 0.717) is 37.8 Å². The van der Waals surface area contributed by atoms with Crippen molar-refractivity contribution in [3.05, 3.63) is 71.1 Å². The number of rotatable bonds is 12. The maximum absolute atomic E-state index is 14.2. The van der Waals surface area contributed by atoms with E-state index in [9.17, 15) is 44.4 Å². The fraction of sp³-hybridized carbons (Fsp3) is 0.393. The van der Waals surface area contributed by atoms with Crippen LogP contribution in [0.3, 0.4) is 0 Å². The first kappa shape index (κ1) is 35.8. The molecule has 0 radical (unpaired) electrons. The lowest BCUT2D eigenvalue weighted by molar-refractivity contribution is -0.135. The van der Waals surface area contributed by atoms with Crippen LogP contribution in [0.4, 0.5) is 13.2 Å². The number of para-hydroxylation sites is 1. The number of ether oxygens (including phenoxy) is 1. The van der Waals surface area contributed by atoms with Crippen LogP contribution in [0.15, 0.2) is 42.5 Å². The van der Waals surface area contributed by atoms with Crippen LogP contribution in [0.25, 0.3) is 5.57 Å². The summed E-state index contributed by atoms with van der Waals surface area (Å²) in [5.41, 5.74) is 5.31. The number of benzene rings is 2. The highest BCUT2D eigenvalue weighted by atomic mass is 32.2. The molecular formula is C28H31F3N4O10S2. The van der Waals surface area contributed by atoms with Gasteiger partial charge in [0.25, 0.3) is 0 Å². The van der Waals surface area contributed by atoms with Crippen molar-refractivity contribution < 1.29 is 57.5 Å². The molecule has 2 aromatic rings. The highest BCUT2D eigenvalue weighted by molar-refractivity contribution is 7.85. The summed E-state index contributed by atoms with van der Waals surface area (Å²) in [6.45, 7) is -0.805. The Labute approximate surface area is 268 Å². The molecule has 0 saturated carbocycles. The summed E-state index contributed by atoms with van der Waals surface area (Å²) in [5.74, 6) is -7.55. The van der Waals surface area contributed by atoms with E-state index in [-0.39, 0.29) is 41.3 Å². The van der Waals surface area contributed by atoms with E-state index in [4.69, 9.17) is 10.5 Å². The third-order valence-electron chi connectivity index (χ3n) is 7.87. The number of fused-ring (bicyclic) bond motifs is 2. The van der Waals surface area contributed by atoms with E-state index < -0.39 is 74.1 Å². The van der Waals surface area contributed by atoms with Gasteiger partial charge in [-0.3, -0.25) is 4.79 Å². The largest absolute Gasteiger partial charge is 0.496 e. The third-order valence-corrected chi connectivity index (χ3v) is 9.14. The Hall–Kier alpha value is -4.04. The van der Waals surface area contributed by atoms with Gasteiger partial charge in [0, 0.05) is 35.8 Å². The zero-order chi connectivity index (χ0) is 34.7. The van der Waals surface area contributed by atoms with Crippen LogP contribution < -0.4 is 20.3 Å². The Morgan fingerprint density at radius 3 is 2.23 bits per heavy atom. The molecule has 14 nitrogen and oxygen atoms in total. The monoisotopic (exact) mass is 704 g/mol. The van der Waals surface area contributed by atoms with E-state index >= 15 is 0 Å². The zero-order valence-corrected chi connectivity index (χ0v) is 26.4. The Bertz CT molecular complexity index is 1790. The van der Waals surface area contributed by atoms with Gasteiger partial charge in [0.2, 0.25) is 5.91 Å². The molecule has 4 rings (SSSR count). The average Bonchev–Trinajstić information content (AvgIpc) is 3.25. The molecule has 2 fully saturated rings. The van der Waals surface area contributed by atoms with Crippen molar-refractivity contribution in [1.29, 1.82) is 0 Å². The molecular weight excluding hydrogens is 673 g/mol. The highest BCUT2D eigenvalue weighted by Gasteiger charge is 2.44. The zero-order valence-electron chi connectivity index (χ0n) is 24.7. The molecule has 2 aromatic carbocycles. The molecule has 19 heteroatoms. The van der Waals surface area contributed by atoms with Gasteiger partial charge >= 0.3 is 32.5 Å². The number of nitrogens with two attached hydrogens (primary N) is 2. The molecule has 256 valence electrons. The van der Waals surface area contributed by atoms with Gasteiger partial charge in [-0.1, -0.05) is 18.2 Å². The van der Waals surface area contributed by atoms with Crippen LogP contribution in [-0.2, 0) is 49.8 Å². The third kappa shape index (κ3) is 9.07. The molecule has 2 bridgehead atoms. The lowest BCUT2D eigenvalue weighted by Crippen LogP contribution is -2.52. The SMILES string of the molecule is COc1ccccc1/C(=C/C(=O)OS(N)(=O)=O)C(=O)OS(=O)(=O)NCC(=O)N1C2CCC1CC([C@H](N)Cc1cc(F)c(F)cc1F)C2. The summed E-state index contributed by atoms with van der Waals surface area (Å²) in [4.78, 5) is 39.7. The van der Waals surface area contributed by atoms with Gasteiger partial charge in [-0.05, 0) is 55.7 Å². The van der Waals surface area contributed by atoms with Gasteiger partial charge in [0.1, 0.15) is 11.6 Å². The molecule has 5 N–H and O–H groups in total. The molecule has 2 saturated heterocycles. The molecule has 2 heterocycles. The van der Waals surface area contributed by atoms with E-state index in [1.807, 2.05) is 4.72 Å². The molecule has 1 amide bonds. The number of hydrogen-bond donors (Lipinski definition) is 3. The summed E-state index contributed by atoms with van der Waals surface area (Å²) < 4.78 is 104. The minimum atomic E-state index is -4.98. The quantitative estimate of drug-likeness (QED) is 0.209. The van der Waals surface area contributed by atoms with Crippen LogP contribution >= 0.6 is 0 Å².